The van der Waals surface area contributed by atoms with Crippen molar-refractivity contribution in [3.63, 3.8) is 0 Å². The first-order valence-electron chi connectivity index (χ1n) is 11.6. The fourth-order valence-corrected chi connectivity index (χ4v) is 9.96. The van der Waals surface area contributed by atoms with E-state index in [4.69, 9.17) is 11.8 Å². The van der Waals surface area contributed by atoms with Crippen LogP contribution in [0.2, 0.25) is 0 Å². The lowest BCUT2D eigenvalue weighted by Gasteiger charge is -2.44. The van der Waals surface area contributed by atoms with Gasteiger partial charge in [-0.25, -0.2) is 13.1 Å². The summed E-state index contributed by atoms with van der Waals surface area (Å²) in [4.78, 5) is 0.288. The molecule has 0 radical (unpaired) electrons. The molecule has 0 aliphatic rings. The Labute approximate surface area is 211 Å². The molecule has 0 aromatic heterocycles. The monoisotopic (exact) mass is 513 g/mol. The van der Waals surface area contributed by atoms with Gasteiger partial charge in [-0.1, -0.05) is 125 Å². The van der Waals surface area contributed by atoms with E-state index >= 15 is 0 Å². The maximum Gasteiger partial charge on any atom is 0.240 e. The van der Waals surface area contributed by atoms with Crippen LogP contribution < -0.4 is 15.3 Å². The van der Waals surface area contributed by atoms with Crippen LogP contribution in [0.1, 0.15) is 46.6 Å². The van der Waals surface area contributed by atoms with Gasteiger partial charge in [-0.3, -0.25) is 0 Å². The highest BCUT2D eigenvalue weighted by molar-refractivity contribution is 8.22. The molecule has 6 heteroatoms. The zero-order chi connectivity index (χ0) is 25.2. The molecular weight excluding hydrogens is 477 g/mol. The van der Waals surface area contributed by atoms with Gasteiger partial charge in [0, 0.05) is 17.2 Å². The summed E-state index contributed by atoms with van der Waals surface area (Å²) in [7, 11) is -3.68. The van der Waals surface area contributed by atoms with Crippen molar-refractivity contribution in [2.24, 2.45) is 5.41 Å². The SMILES string of the molecule is Cc1ccc(S(=O)(=O)NC(CC(C)(C)P(=S)(c2ccccc2)c2ccccc2)C(C)(C)C)cc1. The Hall–Kier alpha value is -1.78. The maximum atomic E-state index is 13.3. The van der Waals surface area contributed by atoms with Crippen LogP contribution in [0.4, 0.5) is 0 Å². The van der Waals surface area contributed by atoms with Crippen LogP contribution in [0.15, 0.2) is 89.8 Å². The van der Waals surface area contributed by atoms with Crippen molar-refractivity contribution in [1.82, 2.24) is 4.72 Å². The molecule has 3 aromatic rings. The molecular formula is C28H36NO2PS2. The van der Waals surface area contributed by atoms with Gasteiger partial charge in [0.2, 0.25) is 10.0 Å². The molecule has 3 nitrogen and oxygen atoms in total. The molecule has 0 amide bonds. The Kier molecular flexibility index (Phi) is 7.94. The summed E-state index contributed by atoms with van der Waals surface area (Å²) >= 11 is 6.60. The maximum absolute atomic E-state index is 13.3. The van der Waals surface area contributed by atoms with Gasteiger partial charge >= 0.3 is 0 Å². The molecule has 0 heterocycles. The second kappa shape index (κ2) is 10.1. The summed E-state index contributed by atoms with van der Waals surface area (Å²) < 4.78 is 29.7. The van der Waals surface area contributed by atoms with Crippen LogP contribution in [0.25, 0.3) is 0 Å². The Balaban J connectivity index is 2.05. The van der Waals surface area contributed by atoms with Gasteiger partial charge in [0.25, 0.3) is 0 Å². The lowest BCUT2D eigenvalue weighted by molar-refractivity contribution is 0.269. The minimum atomic E-state index is -3.68. The minimum absolute atomic E-state index is 0.288. The standard InChI is InChI=1S/C28H36NO2PS2/c1-22-17-19-25(20-18-22)34(30,31)29-26(27(2,3)4)21-28(5,6)32(33,23-13-9-7-10-14-23)24-15-11-8-12-16-24/h7-20,26,29H,21H2,1-6H3. The summed E-state index contributed by atoms with van der Waals surface area (Å²) in [6, 6.07) is 25.1. The van der Waals surface area contributed by atoms with Crippen LogP contribution in [-0.2, 0) is 21.8 Å². The van der Waals surface area contributed by atoms with E-state index < -0.39 is 16.1 Å². The van der Waals surface area contributed by atoms with Crippen molar-refractivity contribution in [3.05, 3.63) is 90.5 Å². The van der Waals surface area contributed by atoms with Crippen LogP contribution in [0, 0.1) is 12.3 Å². The summed E-state index contributed by atoms with van der Waals surface area (Å²) in [5.41, 5.74) is 0.724. The minimum Gasteiger partial charge on any atom is -0.208 e. The molecule has 0 fully saturated rings. The highest BCUT2D eigenvalue weighted by atomic mass is 32.4. The first kappa shape index (κ1) is 26.8. The van der Waals surface area contributed by atoms with Gasteiger partial charge in [0.05, 0.1) is 4.90 Å². The van der Waals surface area contributed by atoms with E-state index in [0.717, 1.165) is 16.2 Å². The van der Waals surface area contributed by atoms with E-state index in [1.165, 1.54) is 0 Å². The Morgan fingerprint density at radius 1 is 0.794 bits per heavy atom. The van der Waals surface area contributed by atoms with Crippen molar-refractivity contribution in [2.45, 2.75) is 64.1 Å². The molecule has 0 aliphatic carbocycles. The van der Waals surface area contributed by atoms with Crippen molar-refractivity contribution in [3.8, 4) is 0 Å². The third kappa shape index (κ3) is 5.71. The average Bonchev–Trinajstić information content (AvgIpc) is 2.78. The van der Waals surface area contributed by atoms with E-state index in [0.29, 0.717) is 6.42 Å². The third-order valence-electron chi connectivity index (χ3n) is 6.47. The predicted molar refractivity (Wildman–Crippen MR) is 150 cm³/mol. The number of benzene rings is 3. The van der Waals surface area contributed by atoms with Crippen LogP contribution in [0.5, 0.6) is 0 Å². The van der Waals surface area contributed by atoms with Crippen LogP contribution in [-0.4, -0.2) is 19.6 Å². The average molecular weight is 514 g/mol. The molecule has 3 rings (SSSR count). The first-order chi connectivity index (χ1) is 15.8. The fourth-order valence-electron chi connectivity index (χ4n) is 4.25. The third-order valence-corrected chi connectivity index (χ3v) is 14.6. The molecule has 182 valence electrons. The van der Waals surface area contributed by atoms with Gasteiger partial charge in [-0.2, -0.15) is 0 Å². The molecule has 0 saturated carbocycles. The molecule has 1 N–H and O–H groups in total. The van der Waals surface area contributed by atoms with Gasteiger partial charge in [-0.05, 0) is 41.5 Å². The van der Waals surface area contributed by atoms with Gasteiger partial charge < -0.3 is 0 Å². The van der Waals surface area contributed by atoms with Gasteiger partial charge in [-0.15, -0.1) is 0 Å². The molecule has 3 aromatic carbocycles. The largest absolute Gasteiger partial charge is 0.240 e. The number of aryl methyl sites for hydroxylation is 1. The highest BCUT2D eigenvalue weighted by Gasteiger charge is 2.43. The zero-order valence-corrected chi connectivity index (χ0v) is 23.5. The summed E-state index contributed by atoms with van der Waals surface area (Å²) in [5.74, 6) is 0. The predicted octanol–water partition coefficient (Wildman–Crippen LogP) is 5.99. The highest BCUT2D eigenvalue weighted by Crippen LogP contribution is 2.58. The molecule has 34 heavy (non-hydrogen) atoms. The number of hydrogen-bond donors (Lipinski definition) is 1. The van der Waals surface area contributed by atoms with Crippen LogP contribution >= 0.6 is 6.04 Å². The van der Waals surface area contributed by atoms with Crippen LogP contribution in [0.3, 0.4) is 0 Å². The van der Waals surface area contributed by atoms with E-state index in [9.17, 15) is 8.42 Å². The number of rotatable bonds is 8. The number of hydrogen-bond acceptors (Lipinski definition) is 3. The van der Waals surface area contributed by atoms with E-state index in [2.05, 4.69) is 63.6 Å². The van der Waals surface area contributed by atoms with E-state index in [-0.39, 0.29) is 21.5 Å². The van der Waals surface area contributed by atoms with Gasteiger partial charge in [0.15, 0.2) is 0 Å². The zero-order valence-electron chi connectivity index (χ0n) is 20.9. The second-order valence-corrected chi connectivity index (χ2v) is 17.5. The molecule has 1 atom stereocenters. The van der Waals surface area contributed by atoms with Crippen molar-refractivity contribution >= 4 is 38.5 Å². The van der Waals surface area contributed by atoms with Crippen molar-refractivity contribution < 1.29 is 8.42 Å². The van der Waals surface area contributed by atoms with Crippen molar-refractivity contribution in [2.75, 3.05) is 0 Å². The van der Waals surface area contributed by atoms with E-state index in [1.54, 1.807) is 12.1 Å². The molecule has 1 unspecified atom stereocenters. The second-order valence-electron chi connectivity index (χ2n) is 10.6. The fraction of sp³-hybridized carbons (Fsp3) is 0.357. The normalized spacial score (nSPS) is 14.1. The summed E-state index contributed by atoms with van der Waals surface area (Å²) in [5, 5.41) is 1.95. The Morgan fingerprint density at radius 2 is 1.24 bits per heavy atom. The van der Waals surface area contributed by atoms with Crippen molar-refractivity contribution in [1.29, 1.82) is 0 Å². The molecule has 0 aliphatic heterocycles. The molecule has 0 spiro atoms. The summed E-state index contributed by atoms with van der Waals surface area (Å²) in [6.07, 6.45) is 0.614. The van der Waals surface area contributed by atoms with E-state index in [1.807, 2.05) is 55.5 Å². The Morgan fingerprint density at radius 3 is 1.65 bits per heavy atom. The lowest BCUT2D eigenvalue weighted by Crippen LogP contribution is -2.48. The number of nitrogens with one attached hydrogen (secondary N) is 1. The first-order valence-corrected chi connectivity index (χ1v) is 15.9. The topological polar surface area (TPSA) is 46.2 Å². The summed E-state index contributed by atoms with van der Waals surface area (Å²) in [6.45, 7) is 12.6. The Bertz CT molecular complexity index is 1200. The lowest BCUT2D eigenvalue weighted by atomic mass is 9.82. The molecule has 0 bridgehead atoms. The number of sulfonamides is 1. The van der Waals surface area contributed by atoms with Gasteiger partial charge in [0.1, 0.15) is 0 Å². The smallest absolute Gasteiger partial charge is 0.208 e. The quantitative estimate of drug-likeness (QED) is 0.377. The molecule has 0 saturated heterocycles.